The molecule has 0 radical (unpaired) electrons. The maximum Gasteiger partial charge on any atom is 0.122 e. The quantitative estimate of drug-likeness (QED) is 0.867. The van der Waals surface area contributed by atoms with Gasteiger partial charge in [-0.3, -0.25) is 0 Å². The zero-order valence-corrected chi connectivity index (χ0v) is 12.3. The van der Waals surface area contributed by atoms with Gasteiger partial charge in [0.1, 0.15) is 11.9 Å². The van der Waals surface area contributed by atoms with Crippen LogP contribution in [0, 0.1) is 0 Å². The smallest absolute Gasteiger partial charge is 0.122 e. The fourth-order valence-corrected chi connectivity index (χ4v) is 3.14. The molecule has 0 saturated heterocycles. The first kappa shape index (κ1) is 13.5. The van der Waals surface area contributed by atoms with Crippen molar-refractivity contribution in [3.8, 4) is 5.75 Å². The maximum absolute atomic E-state index is 10.5. The Labute approximate surface area is 123 Å². The number of aliphatic hydroxyl groups is 1. The van der Waals surface area contributed by atoms with Crippen LogP contribution in [0.3, 0.4) is 0 Å². The summed E-state index contributed by atoms with van der Waals surface area (Å²) in [5, 5.41) is 10.5. The van der Waals surface area contributed by atoms with E-state index in [4.69, 9.17) is 4.74 Å². The second-order valence-electron chi connectivity index (χ2n) is 4.87. The number of thioether (sulfide) groups is 1. The van der Waals surface area contributed by atoms with Crippen LogP contribution in [0.25, 0.3) is 0 Å². The zero-order chi connectivity index (χ0) is 13.9. The Kier molecular flexibility index (Phi) is 3.99. The molecule has 1 aliphatic rings. The van der Waals surface area contributed by atoms with E-state index in [9.17, 15) is 5.11 Å². The highest BCUT2D eigenvalue weighted by Crippen LogP contribution is 2.31. The minimum atomic E-state index is -0.568. The number of ether oxygens (including phenoxy) is 1. The van der Waals surface area contributed by atoms with Gasteiger partial charge in [-0.05, 0) is 46.7 Å². The lowest BCUT2D eigenvalue weighted by molar-refractivity contribution is 0.220. The van der Waals surface area contributed by atoms with Crippen molar-refractivity contribution in [1.82, 2.24) is 0 Å². The minimum Gasteiger partial charge on any atom is -0.493 e. The lowest BCUT2D eigenvalue weighted by atomic mass is 9.99. The largest absolute Gasteiger partial charge is 0.493 e. The van der Waals surface area contributed by atoms with E-state index in [-0.39, 0.29) is 0 Å². The van der Waals surface area contributed by atoms with E-state index < -0.39 is 6.10 Å². The molecule has 20 heavy (non-hydrogen) atoms. The van der Waals surface area contributed by atoms with E-state index >= 15 is 0 Å². The predicted octanol–water partition coefficient (Wildman–Crippen LogP) is 3.82. The van der Waals surface area contributed by atoms with Gasteiger partial charge in [-0.2, -0.15) is 0 Å². The van der Waals surface area contributed by atoms with Gasteiger partial charge in [0.25, 0.3) is 0 Å². The second kappa shape index (κ2) is 5.90. The number of fused-ring (bicyclic) bond motifs is 1. The van der Waals surface area contributed by atoms with Crippen molar-refractivity contribution in [2.45, 2.75) is 24.3 Å². The van der Waals surface area contributed by atoms with Crippen LogP contribution in [0.1, 0.15) is 29.7 Å². The van der Waals surface area contributed by atoms with Crippen molar-refractivity contribution in [2.24, 2.45) is 0 Å². The van der Waals surface area contributed by atoms with Gasteiger partial charge in [0, 0.05) is 11.3 Å². The van der Waals surface area contributed by atoms with Crippen LogP contribution in [0.4, 0.5) is 0 Å². The fraction of sp³-hybridized carbons (Fsp3) is 0.294. The van der Waals surface area contributed by atoms with Crippen LogP contribution < -0.4 is 4.74 Å². The summed E-state index contributed by atoms with van der Waals surface area (Å²) in [6.45, 7) is 2.89. The third-order valence-electron chi connectivity index (χ3n) is 3.54. The van der Waals surface area contributed by atoms with Gasteiger partial charge in [-0.1, -0.05) is 25.1 Å². The Balaban J connectivity index is 1.82. The molecule has 3 rings (SSSR count). The molecule has 3 heteroatoms. The molecule has 0 fully saturated rings. The van der Waals surface area contributed by atoms with Gasteiger partial charge < -0.3 is 9.84 Å². The van der Waals surface area contributed by atoms with Gasteiger partial charge in [-0.15, -0.1) is 11.8 Å². The van der Waals surface area contributed by atoms with Crippen molar-refractivity contribution in [3.63, 3.8) is 0 Å². The van der Waals surface area contributed by atoms with Crippen molar-refractivity contribution in [2.75, 3.05) is 12.4 Å². The van der Waals surface area contributed by atoms with Crippen LogP contribution in [0.15, 0.2) is 47.4 Å². The Morgan fingerprint density at radius 2 is 1.90 bits per heavy atom. The molecule has 104 valence electrons. The maximum atomic E-state index is 10.5. The van der Waals surface area contributed by atoms with E-state index in [1.54, 1.807) is 0 Å². The Hall–Kier alpha value is -1.45. The molecule has 0 amide bonds. The van der Waals surface area contributed by atoms with Crippen molar-refractivity contribution in [1.29, 1.82) is 0 Å². The molecule has 2 aromatic rings. The van der Waals surface area contributed by atoms with Gasteiger partial charge in [0.05, 0.1) is 6.61 Å². The van der Waals surface area contributed by atoms with E-state index in [2.05, 4.69) is 25.1 Å². The lowest BCUT2D eigenvalue weighted by Crippen LogP contribution is -2.00. The summed E-state index contributed by atoms with van der Waals surface area (Å²) in [5.41, 5.74) is 3.06. The number of hydrogen-bond donors (Lipinski definition) is 1. The van der Waals surface area contributed by atoms with Crippen LogP contribution in [-0.2, 0) is 6.42 Å². The summed E-state index contributed by atoms with van der Waals surface area (Å²) < 4.78 is 5.50. The molecule has 2 nitrogen and oxygen atoms in total. The molecule has 2 aromatic carbocycles. The highest BCUT2D eigenvalue weighted by molar-refractivity contribution is 7.99. The number of rotatable bonds is 4. The fourth-order valence-electron chi connectivity index (χ4n) is 2.48. The molecule has 1 N–H and O–H groups in total. The Bertz CT molecular complexity index is 592. The first-order valence-electron chi connectivity index (χ1n) is 6.94. The predicted molar refractivity (Wildman–Crippen MR) is 82.5 cm³/mol. The van der Waals surface area contributed by atoms with Crippen molar-refractivity contribution < 1.29 is 9.84 Å². The lowest BCUT2D eigenvalue weighted by Gasteiger charge is -2.13. The Morgan fingerprint density at radius 3 is 2.65 bits per heavy atom. The highest BCUT2D eigenvalue weighted by atomic mass is 32.2. The second-order valence-corrected chi connectivity index (χ2v) is 6.21. The monoisotopic (exact) mass is 286 g/mol. The van der Waals surface area contributed by atoms with Crippen molar-refractivity contribution in [3.05, 3.63) is 59.2 Å². The molecular weight excluding hydrogens is 268 g/mol. The molecule has 0 bridgehead atoms. The first-order chi connectivity index (χ1) is 9.78. The summed E-state index contributed by atoms with van der Waals surface area (Å²) >= 11 is 1.81. The molecule has 1 heterocycles. The van der Waals surface area contributed by atoms with E-state index in [1.165, 1.54) is 10.5 Å². The third kappa shape index (κ3) is 2.69. The normalized spacial score (nSPS) is 14.7. The molecule has 0 aromatic heterocycles. The average molecular weight is 286 g/mol. The van der Waals surface area contributed by atoms with Crippen molar-refractivity contribution >= 4 is 11.8 Å². The minimum absolute atomic E-state index is 0.568. The molecule has 0 spiro atoms. The molecule has 1 aliphatic heterocycles. The van der Waals surface area contributed by atoms with E-state index in [0.29, 0.717) is 0 Å². The van der Waals surface area contributed by atoms with Gasteiger partial charge in [0.15, 0.2) is 0 Å². The summed E-state index contributed by atoms with van der Waals surface area (Å²) in [6, 6.07) is 14.1. The summed E-state index contributed by atoms with van der Waals surface area (Å²) in [7, 11) is 0. The summed E-state index contributed by atoms with van der Waals surface area (Å²) in [5.74, 6) is 2.02. The Morgan fingerprint density at radius 1 is 1.15 bits per heavy atom. The van der Waals surface area contributed by atoms with Crippen LogP contribution in [0.2, 0.25) is 0 Å². The standard InChI is InChI=1S/C17H18O2S/c1-2-20-15-6-3-12(4-7-15)17(18)14-5-8-16-13(11-14)9-10-19-16/h3-8,11,17-18H,2,9-10H2,1H3. The zero-order valence-electron chi connectivity index (χ0n) is 11.5. The van der Waals surface area contributed by atoms with Crippen LogP contribution in [-0.4, -0.2) is 17.5 Å². The SMILES string of the molecule is CCSc1ccc(C(O)c2ccc3c(c2)CCO3)cc1. The highest BCUT2D eigenvalue weighted by Gasteiger charge is 2.16. The third-order valence-corrected chi connectivity index (χ3v) is 4.43. The van der Waals surface area contributed by atoms with Gasteiger partial charge >= 0.3 is 0 Å². The average Bonchev–Trinajstić information content (AvgIpc) is 2.95. The van der Waals surface area contributed by atoms with Gasteiger partial charge in [-0.25, -0.2) is 0 Å². The van der Waals surface area contributed by atoms with E-state index in [0.717, 1.165) is 35.7 Å². The number of hydrogen-bond acceptors (Lipinski definition) is 3. The summed E-state index contributed by atoms with van der Waals surface area (Å²) in [6.07, 6.45) is 0.365. The topological polar surface area (TPSA) is 29.5 Å². The molecule has 1 atom stereocenters. The molecule has 0 aliphatic carbocycles. The first-order valence-corrected chi connectivity index (χ1v) is 7.93. The summed E-state index contributed by atoms with van der Waals surface area (Å²) in [4.78, 5) is 1.24. The van der Waals surface area contributed by atoms with Crippen LogP contribution in [0.5, 0.6) is 5.75 Å². The number of aliphatic hydroxyl groups excluding tert-OH is 1. The van der Waals surface area contributed by atoms with Crippen LogP contribution >= 0.6 is 11.8 Å². The number of benzene rings is 2. The van der Waals surface area contributed by atoms with Gasteiger partial charge in [0.2, 0.25) is 0 Å². The molecular formula is C17H18O2S. The molecule has 1 unspecified atom stereocenters. The van der Waals surface area contributed by atoms with E-state index in [1.807, 2.05) is 36.0 Å². The molecule has 0 saturated carbocycles.